The van der Waals surface area contributed by atoms with E-state index in [1.165, 1.54) is 17.4 Å². The van der Waals surface area contributed by atoms with Crippen LogP contribution in [0.3, 0.4) is 0 Å². The van der Waals surface area contributed by atoms with Crippen LogP contribution in [-0.2, 0) is 6.18 Å². The minimum Gasteiger partial charge on any atom is -0.298 e. The summed E-state index contributed by atoms with van der Waals surface area (Å²) in [5.74, 6) is -0.911. The van der Waals surface area contributed by atoms with E-state index < -0.39 is 23.3 Å². The molecule has 0 aliphatic heterocycles. The molecule has 0 fully saturated rings. The molecule has 9 heteroatoms. The summed E-state index contributed by atoms with van der Waals surface area (Å²) < 4.78 is 42.9. The third-order valence-corrected chi connectivity index (χ3v) is 5.09. The maximum absolute atomic E-state index is 13.8. The Morgan fingerprint density at radius 2 is 1.82 bits per heavy atom. The lowest BCUT2D eigenvalue weighted by Gasteiger charge is -2.14. The SMILES string of the molecule is Cc1ccccc1-n1ncc(C(=O)Nc2nc3ccccc3s2)c1C(F)(F)F. The van der Waals surface area contributed by atoms with Gasteiger partial charge in [-0.05, 0) is 30.7 Å². The molecule has 0 saturated carbocycles. The number of para-hydroxylation sites is 2. The van der Waals surface area contributed by atoms with Gasteiger partial charge in [0.2, 0.25) is 0 Å². The van der Waals surface area contributed by atoms with E-state index in [1.54, 1.807) is 37.3 Å². The first kappa shape index (κ1) is 18.2. The molecule has 0 radical (unpaired) electrons. The Morgan fingerprint density at radius 1 is 1.11 bits per heavy atom. The van der Waals surface area contributed by atoms with Crippen molar-refractivity contribution in [2.24, 2.45) is 0 Å². The van der Waals surface area contributed by atoms with Crippen molar-refractivity contribution in [3.8, 4) is 5.69 Å². The molecule has 142 valence electrons. The second-order valence-electron chi connectivity index (χ2n) is 6.04. The van der Waals surface area contributed by atoms with Gasteiger partial charge in [0.1, 0.15) is 0 Å². The highest BCUT2D eigenvalue weighted by molar-refractivity contribution is 7.22. The zero-order chi connectivity index (χ0) is 19.9. The monoisotopic (exact) mass is 402 g/mol. The molecular formula is C19H13F3N4OS. The summed E-state index contributed by atoms with van der Waals surface area (Å²) in [7, 11) is 0. The fraction of sp³-hybridized carbons (Fsp3) is 0.105. The van der Waals surface area contributed by atoms with Gasteiger partial charge in [-0.1, -0.05) is 41.7 Å². The summed E-state index contributed by atoms with van der Waals surface area (Å²) in [6, 6.07) is 13.7. The Labute approximate surface area is 161 Å². The second-order valence-corrected chi connectivity index (χ2v) is 7.07. The highest BCUT2D eigenvalue weighted by Crippen LogP contribution is 2.35. The van der Waals surface area contributed by atoms with Gasteiger partial charge in [0, 0.05) is 0 Å². The normalized spacial score (nSPS) is 11.7. The number of alkyl halides is 3. The number of halogens is 3. The first-order chi connectivity index (χ1) is 13.3. The highest BCUT2D eigenvalue weighted by Gasteiger charge is 2.40. The predicted molar refractivity (Wildman–Crippen MR) is 101 cm³/mol. The van der Waals surface area contributed by atoms with Crippen molar-refractivity contribution in [2.75, 3.05) is 5.32 Å². The number of nitrogens with zero attached hydrogens (tertiary/aromatic N) is 3. The topological polar surface area (TPSA) is 59.8 Å². The summed E-state index contributed by atoms with van der Waals surface area (Å²) in [5.41, 5.74) is -0.159. The number of nitrogens with one attached hydrogen (secondary N) is 1. The van der Waals surface area contributed by atoms with Crippen LogP contribution in [0.2, 0.25) is 0 Å². The molecule has 4 rings (SSSR count). The van der Waals surface area contributed by atoms with Gasteiger partial charge in [-0.25, -0.2) is 9.67 Å². The molecule has 0 bridgehead atoms. The van der Waals surface area contributed by atoms with Crippen LogP contribution in [-0.4, -0.2) is 20.7 Å². The molecule has 0 saturated heterocycles. The quantitative estimate of drug-likeness (QED) is 0.521. The fourth-order valence-corrected chi connectivity index (χ4v) is 3.72. The lowest BCUT2D eigenvalue weighted by Crippen LogP contribution is -2.21. The maximum atomic E-state index is 13.8. The zero-order valence-electron chi connectivity index (χ0n) is 14.5. The molecule has 2 heterocycles. The Morgan fingerprint density at radius 3 is 2.54 bits per heavy atom. The smallest absolute Gasteiger partial charge is 0.298 e. The second kappa shape index (κ2) is 6.75. The third-order valence-electron chi connectivity index (χ3n) is 4.14. The molecule has 0 spiro atoms. The van der Waals surface area contributed by atoms with E-state index in [1.807, 2.05) is 12.1 Å². The van der Waals surface area contributed by atoms with Crippen LogP contribution < -0.4 is 5.32 Å². The van der Waals surface area contributed by atoms with E-state index in [0.29, 0.717) is 11.1 Å². The lowest BCUT2D eigenvalue weighted by atomic mass is 10.2. The minimum absolute atomic E-state index is 0.225. The van der Waals surface area contributed by atoms with E-state index in [-0.39, 0.29) is 10.8 Å². The van der Waals surface area contributed by atoms with Crippen molar-refractivity contribution in [2.45, 2.75) is 13.1 Å². The van der Waals surface area contributed by atoms with Crippen molar-refractivity contribution < 1.29 is 18.0 Å². The summed E-state index contributed by atoms with van der Waals surface area (Å²) in [6.07, 6.45) is -3.84. The van der Waals surface area contributed by atoms with Crippen molar-refractivity contribution in [3.05, 3.63) is 71.5 Å². The Bertz CT molecular complexity index is 1150. The maximum Gasteiger partial charge on any atom is 0.434 e. The summed E-state index contributed by atoms with van der Waals surface area (Å²) >= 11 is 1.19. The highest BCUT2D eigenvalue weighted by atomic mass is 32.1. The summed E-state index contributed by atoms with van der Waals surface area (Å²) in [4.78, 5) is 16.8. The minimum atomic E-state index is -4.76. The van der Waals surface area contributed by atoms with E-state index in [0.717, 1.165) is 15.6 Å². The molecule has 4 aromatic rings. The molecule has 2 aromatic heterocycles. The van der Waals surface area contributed by atoms with E-state index in [2.05, 4.69) is 15.4 Å². The van der Waals surface area contributed by atoms with Gasteiger partial charge in [0.25, 0.3) is 5.91 Å². The number of amides is 1. The van der Waals surface area contributed by atoms with Crippen molar-refractivity contribution in [1.82, 2.24) is 14.8 Å². The summed E-state index contributed by atoms with van der Waals surface area (Å²) in [6.45, 7) is 1.68. The Hall–Kier alpha value is -3.20. The van der Waals surface area contributed by atoms with Crippen molar-refractivity contribution in [1.29, 1.82) is 0 Å². The molecule has 2 aromatic carbocycles. The van der Waals surface area contributed by atoms with Gasteiger partial charge in [-0.15, -0.1) is 0 Å². The molecule has 1 N–H and O–H groups in total. The number of anilines is 1. The Balaban J connectivity index is 1.75. The first-order valence-electron chi connectivity index (χ1n) is 8.23. The van der Waals surface area contributed by atoms with Crippen LogP contribution in [0, 0.1) is 6.92 Å². The number of hydrogen-bond donors (Lipinski definition) is 1. The van der Waals surface area contributed by atoms with Crippen LogP contribution >= 0.6 is 11.3 Å². The van der Waals surface area contributed by atoms with Gasteiger partial charge in [0.15, 0.2) is 10.8 Å². The molecule has 0 aliphatic carbocycles. The average molecular weight is 402 g/mol. The van der Waals surface area contributed by atoms with Crippen LogP contribution in [0.15, 0.2) is 54.7 Å². The molecule has 0 unspecified atom stereocenters. The van der Waals surface area contributed by atoms with Gasteiger partial charge in [0.05, 0.1) is 27.7 Å². The lowest BCUT2D eigenvalue weighted by molar-refractivity contribution is -0.143. The number of carbonyl (C=O) groups excluding carboxylic acids is 1. The zero-order valence-corrected chi connectivity index (χ0v) is 15.3. The van der Waals surface area contributed by atoms with E-state index in [9.17, 15) is 18.0 Å². The number of fused-ring (bicyclic) bond motifs is 1. The number of aryl methyl sites for hydroxylation is 1. The number of rotatable bonds is 3. The molecule has 0 atom stereocenters. The number of hydrogen-bond acceptors (Lipinski definition) is 4. The average Bonchev–Trinajstić information content (AvgIpc) is 3.25. The predicted octanol–water partition coefficient (Wildman–Crippen LogP) is 5.06. The summed E-state index contributed by atoms with van der Waals surface area (Å²) in [5, 5.41) is 6.52. The first-order valence-corrected chi connectivity index (χ1v) is 9.04. The molecule has 5 nitrogen and oxygen atoms in total. The van der Waals surface area contributed by atoms with Gasteiger partial charge >= 0.3 is 6.18 Å². The number of carbonyl (C=O) groups is 1. The number of thiazole rings is 1. The van der Waals surface area contributed by atoms with Gasteiger partial charge < -0.3 is 0 Å². The molecule has 0 aliphatic rings. The van der Waals surface area contributed by atoms with Crippen molar-refractivity contribution >= 4 is 32.6 Å². The van der Waals surface area contributed by atoms with Crippen LogP contribution in [0.5, 0.6) is 0 Å². The fourth-order valence-electron chi connectivity index (χ4n) is 2.86. The molecule has 1 amide bonds. The van der Waals surface area contributed by atoms with Crippen LogP contribution in [0.1, 0.15) is 21.6 Å². The third kappa shape index (κ3) is 3.24. The van der Waals surface area contributed by atoms with Gasteiger partial charge in [-0.3, -0.25) is 10.1 Å². The Kier molecular flexibility index (Phi) is 4.38. The number of benzene rings is 2. The standard InChI is InChI=1S/C19H13F3N4OS/c1-11-6-2-4-8-14(11)26-16(19(20,21)22)12(10-23-26)17(27)25-18-24-13-7-3-5-9-15(13)28-18/h2-10H,1H3,(H,24,25,27). The number of aromatic nitrogens is 3. The van der Waals surface area contributed by atoms with Crippen LogP contribution in [0.4, 0.5) is 18.3 Å². The largest absolute Gasteiger partial charge is 0.434 e. The van der Waals surface area contributed by atoms with Gasteiger partial charge in [-0.2, -0.15) is 18.3 Å². The van der Waals surface area contributed by atoms with E-state index in [4.69, 9.17) is 0 Å². The van der Waals surface area contributed by atoms with E-state index >= 15 is 0 Å². The molecule has 28 heavy (non-hydrogen) atoms. The molecular weight excluding hydrogens is 389 g/mol. The van der Waals surface area contributed by atoms with Crippen molar-refractivity contribution in [3.63, 3.8) is 0 Å². The van der Waals surface area contributed by atoms with Crippen LogP contribution in [0.25, 0.3) is 15.9 Å².